The summed E-state index contributed by atoms with van der Waals surface area (Å²) in [6.07, 6.45) is 5.87. The molecule has 7 nitrogen and oxygen atoms in total. The number of carbonyl (C=O) groups is 1. The fourth-order valence-corrected chi connectivity index (χ4v) is 6.60. The maximum atomic E-state index is 12.3. The maximum absolute atomic E-state index is 12.3. The minimum absolute atomic E-state index is 0. The van der Waals surface area contributed by atoms with E-state index in [-0.39, 0.29) is 29.0 Å². The van der Waals surface area contributed by atoms with E-state index in [1.807, 2.05) is 0 Å². The Morgan fingerprint density at radius 2 is 1.63 bits per heavy atom. The number of benzene rings is 2. The number of rotatable bonds is 9. The molecule has 9 heteroatoms. The molecule has 1 saturated heterocycles. The molecule has 2 aliphatic heterocycles. The lowest BCUT2D eigenvalue weighted by molar-refractivity contribution is 0.0948. The topological polar surface area (TPSA) is 77.7 Å². The van der Waals surface area contributed by atoms with Gasteiger partial charge in [-0.2, -0.15) is 0 Å². The number of aromatic nitrogens is 1. The molecule has 3 heterocycles. The number of hydrogen-bond donors (Lipinski definition) is 2. The van der Waals surface area contributed by atoms with Crippen LogP contribution in [0.1, 0.15) is 23.3 Å². The van der Waals surface area contributed by atoms with Crippen molar-refractivity contribution in [3.05, 3.63) is 96.6 Å². The SMILES string of the molecule is Cl.Nc1cccnc1C(=O)NCCCCN1CCN(C2=CC=S(c3ccccc3)N2c2ccccc2)CC1. The summed E-state index contributed by atoms with van der Waals surface area (Å²) < 4.78 is 2.49. The Morgan fingerprint density at radius 3 is 2.34 bits per heavy atom. The molecule has 0 bridgehead atoms. The van der Waals surface area contributed by atoms with Crippen LogP contribution in [0, 0.1) is 0 Å². The average Bonchev–Trinajstić information content (AvgIpc) is 3.40. The summed E-state index contributed by atoms with van der Waals surface area (Å²) in [5, 5.41) is 5.28. The number of pyridine rings is 1. The van der Waals surface area contributed by atoms with Crippen LogP contribution < -0.4 is 15.4 Å². The number of anilines is 2. The standard InChI is InChI=1S/C29H34N6OS.ClH/c30-26-14-9-17-31-28(26)29(36)32-16-7-8-18-33-19-21-34(22-20-33)27-15-23-37(25-12-5-2-6-13-25)35(27)24-10-3-1-4-11-24;/h1-6,9-15,17,23H,7-8,16,18-22,30H2,(H,32,36);1H. The molecule has 200 valence electrons. The van der Waals surface area contributed by atoms with Crippen LogP contribution in [0.25, 0.3) is 0 Å². The first-order valence-corrected chi connectivity index (χ1v) is 14.1. The summed E-state index contributed by atoms with van der Waals surface area (Å²) in [7, 11) is -0.133. The molecule has 1 aromatic heterocycles. The molecule has 0 aliphatic carbocycles. The predicted molar refractivity (Wildman–Crippen MR) is 161 cm³/mol. The first-order chi connectivity index (χ1) is 18.2. The first kappa shape index (κ1) is 27.7. The van der Waals surface area contributed by atoms with Crippen molar-refractivity contribution in [2.75, 3.05) is 49.3 Å². The third-order valence-corrected chi connectivity index (χ3v) is 8.60. The van der Waals surface area contributed by atoms with Crippen LogP contribution in [0.5, 0.6) is 0 Å². The fraction of sp³-hybridized carbons (Fsp3) is 0.276. The number of para-hydroxylation sites is 1. The predicted octanol–water partition coefficient (Wildman–Crippen LogP) is 4.62. The number of nitrogens with two attached hydrogens (primary N) is 1. The molecule has 2 aromatic carbocycles. The van der Waals surface area contributed by atoms with Crippen molar-refractivity contribution in [2.45, 2.75) is 17.7 Å². The van der Waals surface area contributed by atoms with E-state index in [1.54, 1.807) is 18.3 Å². The minimum Gasteiger partial charge on any atom is -0.397 e. The van der Waals surface area contributed by atoms with Gasteiger partial charge >= 0.3 is 0 Å². The number of allylic oxidation sites excluding steroid dienone is 1. The highest BCUT2D eigenvalue weighted by Crippen LogP contribution is 2.42. The lowest BCUT2D eigenvalue weighted by Crippen LogP contribution is -2.48. The van der Waals surface area contributed by atoms with E-state index < -0.39 is 0 Å². The number of nitrogen functional groups attached to an aromatic ring is 1. The molecule has 3 N–H and O–H groups in total. The van der Waals surface area contributed by atoms with Crippen molar-refractivity contribution < 1.29 is 4.79 Å². The highest BCUT2D eigenvalue weighted by molar-refractivity contribution is 8.16. The summed E-state index contributed by atoms with van der Waals surface area (Å²) in [6.45, 7) is 5.75. The molecule has 1 atom stereocenters. The van der Waals surface area contributed by atoms with Crippen LogP contribution in [0.3, 0.4) is 0 Å². The van der Waals surface area contributed by atoms with E-state index in [1.165, 1.54) is 16.4 Å². The van der Waals surface area contributed by atoms with Crippen molar-refractivity contribution in [3.63, 3.8) is 0 Å². The van der Waals surface area contributed by atoms with Crippen molar-refractivity contribution in [1.29, 1.82) is 0 Å². The first-order valence-electron chi connectivity index (χ1n) is 12.9. The molecule has 3 aromatic rings. The molecule has 1 amide bonds. The zero-order valence-corrected chi connectivity index (χ0v) is 23.0. The van der Waals surface area contributed by atoms with Gasteiger partial charge in [-0.1, -0.05) is 47.1 Å². The summed E-state index contributed by atoms with van der Waals surface area (Å²) in [6, 6.07) is 24.9. The van der Waals surface area contributed by atoms with Gasteiger partial charge in [0, 0.05) is 43.8 Å². The van der Waals surface area contributed by atoms with E-state index in [0.29, 0.717) is 17.9 Å². The van der Waals surface area contributed by atoms with Crippen molar-refractivity contribution in [1.82, 2.24) is 20.1 Å². The Morgan fingerprint density at radius 1 is 0.921 bits per heavy atom. The van der Waals surface area contributed by atoms with Crippen LogP contribution in [0.4, 0.5) is 11.4 Å². The van der Waals surface area contributed by atoms with Gasteiger partial charge in [-0.05, 0) is 67.2 Å². The number of amides is 1. The second kappa shape index (κ2) is 13.5. The Labute approximate surface area is 233 Å². The number of hydrogen-bond acceptors (Lipinski definition) is 6. The van der Waals surface area contributed by atoms with Crippen LogP contribution >= 0.6 is 23.1 Å². The van der Waals surface area contributed by atoms with Gasteiger partial charge in [0.1, 0.15) is 5.82 Å². The normalized spacial score (nSPS) is 17.4. The number of nitrogens with one attached hydrogen (secondary N) is 1. The highest BCUT2D eigenvalue weighted by atomic mass is 35.5. The van der Waals surface area contributed by atoms with Gasteiger partial charge in [0.05, 0.1) is 11.4 Å². The molecule has 0 saturated carbocycles. The largest absolute Gasteiger partial charge is 0.397 e. The number of halogens is 1. The van der Waals surface area contributed by atoms with Gasteiger partial charge in [-0.15, -0.1) is 12.4 Å². The second-order valence-electron chi connectivity index (χ2n) is 9.15. The fourth-order valence-electron chi connectivity index (χ4n) is 4.70. The van der Waals surface area contributed by atoms with Gasteiger partial charge in [-0.25, -0.2) is 4.98 Å². The third-order valence-electron chi connectivity index (χ3n) is 6.66. The number of unbranched alkanes of at least 4 members (excludes halogenated alkanes) is 1. The average molecular weight is 551 g/mol. The van der Waals surface area contributed by atoms with E-state index in [0.717, 1.165) is 45.6 Å². The van der Waals surface area contributed by atoms with Crippen LogP contribution in [0.2, 0.25) is 0 Å². The second-order valence-corrected chi connectivity index (χ2v) is 10.9. The maximum Gasteiger partial charge on any atom is 0.272 e. The summed E-state index contributed by atoms with van der Waals surface area (Å²) in [4.78, 5) is 22.7. The minimum atomic E-state index is -0.203. The summed E-state index contributed by atoms with van der Waals surface area (Å²) in [5.41, 5.74) is 7.78. The van der Waals surface area contributed by atoms with Gasteiger partial charge in [0.2, 0.25) is 0 Å². The van der Waals surface area contributed by atoms with Crippen molar-refractivity contribution in [3.8, 4) is 0 Å². The molecule has 38 heavy (non-hydrogen) atoms. The number of piperazine rings is 1. The Bertz CT molecular complexity index is 1260. The molecule has 0 spiro atoms. The molecule has 1 unspecified atom stereocenters. The Hall–Kier alpha value is -3.33. The van der Waals surface area contributed by atoms with Crippen LogP contribution in [0.15, 0.2) is 95.8 Å². The van der Waals surface area contributed by atoms with Gasteiger partial charge in [0.25, 0.3) is 5.91 Å². The Balaban J connectivity index is 0.00000336. The zero-order valence-electron chi connectivity index (χ0n) is 21.4. The quantitative estimate of drug-likeness (QED) is 0.299. The molecular formula is C29H35ClN6OS. The zero-order chi connectivity index (χ0) is 25.5. The van der Waals surface area contributed by atoms with Crippen LogP contribution in [-0.4, -0.2) is 65.3 Å². The lowest BCUT2D eigenvalue weighted by Gasteiger charge is -2.40. The molecule has 0 radical (unpaired) electrons. The van der Waals surface area contributed by atoms with Gasteiger partial charge < -0.3 is 16.0 Å². The van der Waals surface area contributed by atoms with E-state index >= 15 is 0 Å². The van der Waals surface area contributed by atoms with Gasteiger partial charge in [-0.3, -0.25) is 14.0 Å². The smallest absolute Gasteiger partial charge is 0.272 e. The monoisotopic (exact) mass is 550 g/mol. The van der Waals surface area contributed by atoms with Crippen LogP contribution in [-0.2, 0) is 0 Å². The molecule has 1 fully saturated rings. The number of carbonyl (C=O) groups excluding carboxylic acids is 1. The third kappa shape index (κ3) is 6.56. The van der Waals surface area contributed by atoms with Crippen molar-refractivity contribution >= 4 is 45.7 Å². The Kier molecular flexibility index (Phi) is 9.81. The molecule has 2 aliphatic rings. The van der Waals surface area contributed by atoms with E-state index in [2.05, 4.69) is 96.5 Å². The van der Waals surface area contributed by atoms with E-state index in [9.17, 15) is 4.79 Å². The number of nitrogens with zero attached hydrogens (tertiary/aromatic N) is 4. The lowest BCUT2D eigenvalue weighted by atomic mass is 10.2. The summed E-state index contributed by atoms with van der Waals surface area (Å²) >= 11 is 0. The molecular weight excluding hydrogens is 516 g/mol. The summed E-state index contributed by atoms with van der Waals surface area (Å²) in [5.74, 6) is 1.08. The highest BCUT2D eigenvalue weighted by Gasteiger charge is 2.28. The van der Waals surface area contributed by atoms with E-state index in [4.69, 9.17) is 5.73 Å². The van der Waals surface area contributed by atoms with Gasteiger partial charge in [0.15, 0.2) is 5.69 Å². The van der Waals surface area contributed by atoms with Crippen molar-refractivity contribution in [2.24, 2.45) is 0 Å². The molecule has 5 rings (SSSR count).